The van der Waals surface area contributed by atoms with Crippen molar-refractivity contribution in [2.75, 3.05) is 16.8 Å². The monoisotopic (exact) mass is 440 g/mol. The van der Waals surface area contributed by atoms with Crippen LogP contribution in [-0.4, -0.2) is 27.7 Å². The molecular weight excluding hydrogens is 416 g/mol. The fourth-order valence-electron chi connectivity index (χ4n) is 4.01. The van der Waals surface area contributed by atoms with E-state index in [1.54, 1.807) is 23.1 Å². The van der Waals surface area contributed by atoms with E-state index in [2.05, 4.69) is 10.3 Å². The highest BCUT2D eigenvalue weighted by atomic mass is 16.5. The number of rotatable bonds is 6. The van der Waals surface area contributed by atoms with Gasteiger partial charge >= 0.3 is 0 Å². The molecule has 0 radical (unpaired) electrons. The van der Waals surface area contributed by atoms with Gasteiger partial charge in [0.05, 0.1) is 5.69 Å². The fraction of sp³-hybridized carbons (Fsp3) is 0.192. The molecule has 1 aliphatic heterocycles. The fourth-order valence-corrected chi connectivity index (χ4v) is 4.01. The maximum Gasteiger partial charge on any atom is 0.255 e. The van der Waals surface area contributed by atoms with Gasteiger partial charge in [-0.2, -0.15) is 0 Å². The van der Waals surface area contributed by atoms with Crippen molar-refractivity contribution in [1.29, 1.82) is 0 Å². The Bertz CT molecular complexity index is 1330. The zero-order valence-electron chi connectivity index (χ0n) is 18.3. The molecule has 2 amide bonds. The van der Waals surface area contributed by atoms with E-state index >= 15 is 0 Å². The highest BCUT2D eigenvalue weighted by Gasteiger charge is 2.21. The molecule has 0 atom stereocenters. The Labute approximate surface area is 191 Å². The molecule has 5 rings (SSSR count). The van der Waals surface area contributed by atoms with Gasteiger partial charge in [-0.3, -0.25) is 9.59 Å². The van der Waals surface area contributed by atoms with E-state index in [1.165, 1.54) is 0 Å². The summed E-state index contributed by atoms with van der Waals surface area (Å²) >= 11 is 0. The van der Waals surface area contributed by atoms with Gasteiger partial charge in [0, 0.05) is 42.3 Å². The first-order valence-corrected chi connectivity index (χ1v) is 10.9. The molecule has 1 N–H and O–H groups in total. The molecule has 7 heteroatoms. The number of hydrogen-bond acceptors (Lipinski definition) is 4. The zero-order valence-corrected chi connectivity index (χ0v) is 18.3. The van der Waals surface area contributed by atoms with Gasteiger partial charge in [0.15, 0.2) is 0 Å². The minimum absolute atomic E-state index is 0.141. The minimum atomic E-state index is -0.228. The molecule has 0 aliphatic carbocycles. The summed E-state index contributed by atoms with van der Waals surface area (Å²) in [5.41, 5.74) is 4.84. The number of pyridine rings is 1. The van der Waals surface area contributed by atoms with Gasteiger partial charge in [-0.1, -0.05) is 12.1 Å². The summed E-state index contributed by atoms with van der Waals surface area (Å²) in [6.07, 6.45) is 5.37. The van der Waals surface area contributed by atoms with Crippen molar-refractivity contribution in [3.63, 3.8) is 0 Å². The zero-order chi connectivity index (χ0) is 22.8. The molecule has 0 saturated carbocycles. The summed E-state index contributed by atoms with van der Waals surface area (Å²) in [4.78, 5) is 31.0. The van der Waals surface area contributed by atoms with E-state index in [-0.39, 0.29) is 11.8 Å². The van der Waals surface area contributed by atoms with E-state index in [4.69, 9.17) is 4.74 Å². The minimum Gasteiger partial charge on any atom is -0.487 e. The molecule has 0 spiro atoms. The van der Waals surface area contributed by atoms with Gasteiger partial charge in [0.2, 0.25) is 5.91 Å². The van der Waals surface area contributed by atoms with Crippen LogP contribution in [0.15, 0.2) is 73.1 Å². The number of carbonyl (C=O) groups excluding carboxylic acids is 2. The number of aryl methyl sites for hydroxylation is 1. The summed E-state index contributed by atoms with van der Waals surface area (Å²) in [5, 5.41) is 2.90. The Morgan fingerprint density at radius 3 is 2.73 bits per heavy atom. The Kier molecular flexibility index (Phi) is 5.52. The van der Waals surface area contributed by atoms with Gasteiger partial charge in [-0.15, -0.1) is 0 Å². The van der Waals surface area contributed by atoms with E-state index in [0.717, 1.165) is 35.6 Å². The number of anilines is 2. The second kappa shape index (κ2) is 8.78. The van der Waals surface area contributed by atoms with Crippen molar-refractivity contribution in [1.82, 2.24) is 9.38 Å². The second-order valence-electron chi connectivity index (χ2n) is 8.12. The Balaban J connectivity index is 1.23. The highest BCUT2D eigenvalue weighted by molar-refractivity contribution is 6.04. The Hall–Kier alpha value is -4.13. The molecule has 2 aromatic carbocycles. The van der Waals surface area contributed by atoms with Crippen LogP contribution in [0.2, 0.25) is 0 Å². The van der Waals surface area contributed by atoms with Gasteiger partial charge in [0.1, 0.15) is 18.0 Å². The Morgan fingerprint density at radius 2 is 1.97 bits per heavy atom. The van der Waals surface area contributed by atoms with E-state index < -0.39 is 0 Å². The van der Waals surface area contributed by atoms with Crippen LogP contribution >= 0.6 is 0 Å². The molecule has 7 nitrogen and oxygen atoms in total. The van der Waals surface area contributed by atoms with Crippen molar-refractivity contribution in [3.05, 3.63) is 89.9 Å². The topological polar surface area (TPSA) is 75.9 Å². The summed E-state index contributed by atoms with van der Waals surface area (Å²) in [6.45, 7) is 3.07. The van der Waals surface area contributed by atoms with Crippen LogP contribution in [0.25, 0.3) is 5.65 Å². The third-order valence-corrected chi connectivity index (χ3v) is 5.72. The predicted molar refractivity (Wildman–Crippen MR) is 127 cm³/mol. The normalized spacial score (nSPS) is 13.5. The predicted octanol–water partition coefficient (Wildman–Crippen LogP) is 4.60. The SMILES string of the molecule is Cc1cccn2cc(COc3cccc(C(=O)Nc4ccc(N5CCCC5=O)cc4)c3)nc12. The maximum atomic E-state index is 12.7. The lowest BCUT2D eigenvalue weighted by molar-refractivity contribution is -0.117. The number of benzene rings is 2. The van der Waals surface area contributed by atoms with Crippen LogP contribution in [0.3, 0.4) is 0 Å². The number of fused-ring (bicyclic) bond motifs is 1. The van der Waals surface area contributed by atoms with Crippen molar-refractivity contribution < 1.29 is 14.3 Å². The quantitative estimate of drug-likeness (QED) is 0.475. The molecule has 1 aliphatic rings. The molecule has 0 bridgehead atoms. The third-order valence-electron chi connectivity index (χ3n) is 5.72. The number of amides is 2. The maximum absolute atomic E-state index is 12.7. The standard InChI is InChI=1S/C26H24N4O3/c1-18-5-3-13-29-16-21(27-25(18)29)17-33-23-7-2-6-19(15-23)26(32)28-20-9-11-22(12-10-20)30-14-4-8-24(30)31/h2-3,5-7,9-13,15-16H,4,8,14,17H2,1H3,(H,28,32). The molecule has 4 aromatic rings. The number of hydrogen-bond donors (Lipinski definition) is 1. The van der Waals surface area contributed by atoms with Gasteiger partial charge < -0.3 is 19.4 Å². The van der Waals surface area contributed by atoms with Crippen LogP contribution in [0.1, 0.15) is 34.5 Å². The number of imidazole rings is 1. The molecule has 1 fully saturated rings. The number of ether oxygens (including phenoxy) is 1. The average molecular weight is 441 g/mol. The molecule has 1 saturated heterocycles. The van der Waals surface area contributed by atoms with Gasteiger partial charge in [-0.05, 0) is 67.4 Å². The highest BCUT2D eigenvalue weighted by Crippen LogP contribution is 2.24. The van der Waals surface area contributed by atoms with E-state index in [9.17, 15) is 9.59 Å². The first-order chi connectivity index (χ1) is 16.1. The average Bonchev–Trinajstić information content (AvgIpc) is 3.45. The molecule has 2 aromatic heterocycles. The van der Waals surface area contributed by atoms with Crippen LogP contribution in [0.4, 0.5) is 11.4 Å². The van der Waals surface area contributed by atoms with Gasteiger partial charge in [0.25, 0.3) is 5.91 Å². The largest absolute Gasteiger partial charge is 0.487 e. The molecule has 33 heavy (non-hydrogen) atoms. The van der Waals surface area contributed by atoms with Crippen LogP contribution in [0.5, 0.6) is 5.75 Å². The lowest BCUT2D eigenvalue weighted by Gasteiger charge is -2.16. The van der Waals surface area contributed by atoms with Gasteiger partial charge in [-0.25, -0.2) is 4.98 Å². The van der Waals surface area contributed by atoms with E-state index in [1.807, 2.05) is 66.2 Å². The lowest BCUT2D eigenvalue weighted by atomic mass is 10.2. The first kappa shape index (κ1) is 20.8. The second-order valence-corrected chi connectivity index (χ2v) is 8.12. The first-order valence-electron chi connectivity index (χ1n) is 10.9. The van der Waals surface area contributed by atoms with Crippen LogP contribution < -0.4 is 15.0 Å². The van der Waals surface area contributed by atoms with E-state index in [0.29, 0.717) is 30.0 Å². The van der Waals surface area contributed by atoms with Crippen LogP contribution in [0, 0.1) is 6.92 Å². The smallest absolute Gasteiger partial charge is 0.255 e. The number of carbonyl (C=O) groups is 2. The van der Waals surface area contributed by atoms with Crippen molar-refractivity contribution in [2.24, 2.45) is 0 Å². The number of nitrogens with zero attached hydrogens (tertiary/aromatic N) is 3. The summed E-state index contributed by atoms with van der Waals surface area (Å²) in [6, 6.07) is 18.4. The summed E-state index contributed by atoms with van der Waals surface area (Å²) in [7, 11) is 0. The molecule has 3 heterocycles. The van der Waals surface area contributed by atoms with Crippen molar-refractivity contribution >= 4 is 28.8 Å². The third kappa shape index (κ3) is 4.43. The molecule has 166 valence electrons. The Morgan fingerprint density at radius 1 is 1.12 bits per heavy atom. The number of aromatic nitrogens is 2. The van der Waals surface area contributed by atoms with Crippen molar-refractivity contribution in [2.45, 2.75) is 26.4 Å². The number of nitrogens with one attached hydrogen (secondary N) is 1. The molecular formula is C26H24N4O3. The lowest BCUT2D eigenvalue weighted by Crippen LogP contribution is -2.23. The van der Waals surface area contributed by atoms with Crippen LogP contribution in [-0.2, 0) is 11.4 Å². The molecule has 0 unspecified atom stereocenters. The summed E-state index contributed by atoms with van der Waals surface area (Å²) < 4.78 is 7.87. The summed E-state index contributed by atoms with van der Waals surface area (Å²) in [5.74, 6) is 0.510. The van der Waals surface area contributed by atoms with Crippen molar-refractivity contribution in [3.8, 4) is 5.75 Å².